The van der Waals surface area contributed by atoms with Gasteiger partial charge in [-0.3, -0.25) is 0 Å². The van der Waals surface area contributed by atoms with Crippen molar-refractivity contribution in [1.82, 2.24) is 0 Å². The molecule has 0 bridgehead atoms. The lowest BCUT2D eigenvalue weighted by Crippen LogP contribution is -1.97. The lowest BCUT2D eigenvalue weighted by molar-refractivity contribution is 0.0924. The van der Waals surface area contributed by atoms with Crippen LogP contribution >= 0.6 is 11.6 Å². The van der Waals surface area contributed by atoms with Crippen molar-refractivity contribution in [1.29, 1.82) is 0 Å². The molecule has 0 unspecified atom stereocenters. The molecule has 0 aliphatic heterocycles. The molecular formula is C6H13ClO6. The standard InChI is InChI=1S/C3H6O3.C2H3ClO2.CH4O/c1-5-3(4)6-2;1-5-2(3)4;1-2/h1-2H3;1H3;2H,1H3. The zero-order chi connectivity index (χ0) is 11.3. The molecule has 0 saturated heterocycles. The first-order valence-electron chi connectivity index (χ1n) is 2.88. The number of aliphatic hydroxyl groups excluding tert-OH is 1. The average Bonchev–Trinajstić information content (AvgIpc) is 2.20. The van der Waals surface area contributed by atoms with Gasteiger partial charge in [0.2, 0.25) is 0 Å². The van der Waals surface area contributed by atoms with E-state index in [0.29, 0.717) is 0 Å². The summed E-state index contributed by atoms with van der Waals surface area (Å²) in [6.07, 6.45) is -0.657. The van der Waals surface area contributed by atoms with Crippen LogP contribution in [0.4, 0.5) is 9.59 Å². The Labute approximate surface area is 81.3 Å². The van der Waals surface area contributed by atoms with E-state index in [2.05, 4.69) is 25.8 Å². The number of rotatable bonds is 0. The highest BCUT2D eigenvalue weighted by atomic mass is 35.5. The first-order chi connectivity index (χ1) is 6.08. The number of halogens is 1. The van der Waals surface area contributed by atoms with Crippen molar-refractivity contribution in [3.05, 3.63) is 0 Å². The van der Waals surface area contributed by atoms with Gasteiger partial charge in [0.1, 0.15) is 0 Å². The summed E-state index contributed by atoms with van der Waals surface area (Å²) >= 11 is 4.60. The Kier molecular flexibility index (Phi) is 23.7. The first-order valence-corrected chi connectivity index (χ1v) is 3.26. The molecule has 0 saturated carbocycles. The predicted octanol–water partition coefficient (Wildman–Crippen LogP) is 0.999. The summed E-state index contributed by atoms with van der Waals surface area (Å²) in [7, 11) is 4.73. The van der Waals surface area contributed by atoms with Crippen LogP contribution in [0.2, 0.25) is 0 Å². The SMILES string of the molecule is CO.COC(=O)Cl.COC(=O)OC. The number of carbonyl (C=O) groups is 2. The van der Waals surface area contributed by atoms with E-state index in [1.807, 2.05) is 0 Å². The van der Waals surface area contributed by atoms with Crippen LogP contribution in [0, 0.1) is 0 Å². The second-order valence-corrected chi connectivity index (χ2v) is 1.41. The topological polar surface area (TPSA) is 82.1 Å². The summed E-state index contributed by atoms with van der Waals surface area (Å²) in [5, 5.41) is 7.00. The molecular weight excluding hydrogens is 204 g/mol. The van der Waals surface area contributed by atoms with E-state index in [9.17, 15) is 9.59 Å². The number of aliphatic hydroxyl groups is 1. The fourth-order valence-electron chi connectivity index (χ4n) is 0.0833. The van der Waals surface area contributed by atoms with Crippen LogP contribution in [-0.2, 0) is 14.2 Å². The molecule has 1 N–H and O–H groups in total. The van der Waals surface area contributed by atoms with E-state index >= 15 is 0 Å². The molecule has 0 spiro atoms. The summed E-state index contributed by atoms with van der Waals surface area (Å²) in [5.41, 5.74) is -0.773. The second kappa shape index (κ2) is 17.2. The van der Waals surface area contributed by atoms with Gasteiger partial charge in [-0.25, -0.2) is 9.59 Å². The van der Waals surface area contributed by atoms with Gasteiger partial charge in [0.25, 0.3) is 0 Å². The molecule has 0 aromatic heterocycles. The average molecular weight is 217 g/mol. The summed E-state index contributed by atoms with van der Waals surface area (Å²) in [6.45, 7) is 0. The first kappa shape index (κ1) is 17.9. The van der Waals surface area contributed by atoms with E-state index in [4.69, 9.17) is 5.11 Å². The second-order valence-electron chi connectivity index (χ2n) is 1.10. The zero-order valence-corrected chi connectivity index (χ0v) is 8.62. The molecule has 0 amide bonds. The Morgan fingerprint density at radius 2 is 1.23 bits per heavy atom. The largest absolute Gasteiger partial charge is 0.507 e. The summed E-state index contributed by atoms with van der Waals surface area (Å²) in [5.74, 6) is 0. The minimum absolute atomic E-state index is 0.657. The molecule has 0 aliphatic rings. The van der Waals surface area contributed by atoms with Crippen LogP contribution in [0.15, 0.2) is 0 Å². The summed E-state index contributed by atoms with van der Waals surface area (Å²) in [6, 6.07) is 0. The highest BCUT2D eigenvalue weighted by Crippen LogP contribution is 1.78. The molecule has 0 radical (unpaired) electrons. The predicted molar refractivity (Wildman–Crippen MR) is 45.8 cm³/mol. The van der Waals surface area contributed by atoms with Gasteiger partial charge < -0.3 is 19.3 Å². The van der Waals surface area contributed by atoms with Gasteiger partial charge in [0.05, 0.1) is 21.3 Å². The molecule has 0 atom stereocenters. The summed E-state index contributed by atoms with van der Waals surface area (Å²) in [4.78, 5) is 19.1. The van der Waals surface area contributed by atoms with E-state index in [1.54, 1.807) is 0 Å². The van der Waals surface area contributed by atoms with Crippen molar-refractivity contribution in [2.24, 2.45) is 0 Å². The monoisotopic (exact) mass is 216 g/mol. The van der Waals surface area contributed by atoms with Gasteiger partial charge in [-0.15, -0.1) is 0 Å². The number of hydrogen-bond acceptors (Lipinski definition) is 6. The van der Waals surface area contributed by atoms with Crippen molar-refractivity contribution in [3.63, 3.8) is 0 Å². The Morgan fingerprint density at radius 3 is 1.23 bits per heavy atom. The Balaban J connectivity index is -0.000000131. The van der Waals surface area contributed by atoms with Gasteiger partial charge in [0.15, 0.2) is 0 Å². The van der Waals surface area contributed by atoms with E-state index in [0.717, 1.165) is 7.11 Å². The third kappa shape index (κ3) is 35.7. The van der Waals surface area contributed by atoms with Crippen LogP contribution in [0.25, 0.3) is 0 Å². The Morgan fingerprint density at radius 1 is 1.00 bits per heavy atom. The van der Waals surface area contributed by atoms with Crippen LogP contribution in [0.3, 0.4) is 0 Å². The third-order valence-electron chi connectivity index (χ3n) is 0.494. The Bertz CT molecular complexity index is 120. The van der Waals surface area contributed by atoms with Crippen molar-refractivity contribution < 1.29 is 28.9 Å². The molecule has 7 heteroatoms. The highest BCUT2D eigenvalue weighted by molar-refractivity contribution is 6.61. The highest BCUT2D eigenvalue weighted by Gasteiger charge is 1.88. The van der Waals surface area contributed by atoms with Gasteiger partial charge in [-0.1, -0.05) is 0 Å². The van der Waals surface area contributed by atoms with Gasteiger partial charge >= 0.3 is 11.6 Å². The van der Waals surface area contributed by atoms with E-state index in [1.165, 1.54) is 21.3 Å². The van der Waals surface area contributed by atoms with Crippen molar-refractivity contribution in [2.75, 3.05) is 28.4 Å². The molecule has 80 valence electrons. The normalized spacial score (nSPS) is 6.31. The lowest BCUT2D eigenvalue weighted by atomic mass is 11.3. The van der Waals surface area contributed by atoms with Crippen molar-refractivity contribution in [2.45, 2.75) is 0 Å². The number of ether oxygens (including phenoxy) is 3. The molecule has 0 heterocycles. The quantitative estimate of drug-likeness (QED) is 0.481. The van der Waals surface area contributed by atoms with Gasteiger partial charge in [-0.2, -0.15) is 0 Å². The molecule has 0 fully saturated rings. The minimum Gasteiger partial charge on any atom is -0.457 e. The van der Waals surface area contributed by atoms with Gasteiger partial charge in [0, 0.05) is 18.7 Å². The molecule has 0 aromatic rings. The molecule has 13 heavy (non-hydrogen) atoms. The number of methoxy groups -OCH3 is 3. The molecule has 6 nitrogen and oxygen atoms in total. The van der Waals surface area contributed by atoms with Crippen LogP contribution in [0.1, 0.15) is 0 Å². The molecule has 0 aromatic carbocycles. The van der Waals surface area contributed by atoms with E-state index in [-0.39, 0.29) is 0 Å². The number of hydrogen-bond donors (Lipinski definition) is 1. The van der Waals surface area contributed by atoms with Crippen LogP contribution in [0.5, 0.6) is 0 Å². The lowest BCUT2D eigenvalue weighted by Gasteiger charge is -1.89. The smallest absolute Gasteiger partial charge is 0.457 e. The van der Waals surface area contributed by atoms with Crippen LogP contribution in [-0.4, -0.2) is 45.1 Å². The van der Waals surface area contributed by atoms with Crippen molar-refractivity contribution >= 4 is 23.2 Å². The maximum atomic E-state index is 9.74. The van der Waals surface area contributed by atoms with Crippen LogP contribution < -0.4 is 0 Å². The Hall–Kier alpha value is -1.01. The zero-order valence-electron chi connectivity index (χ0n) is 7.87. The fourth-order valence-corrected chi connectivity index (χ4v) is 0.0833. The third-order valence-corrected chi connectivity index (χ3v) is 0.648. The fraction of sp³-hybridized carbons (Fsp3) is 0.667. The molecule has 0 rings (SSSR count). The maximum Gasteiger partial charge on any atom is 0.507 e. The minimum atomic E-state index is -0.773. The number of carbonyl (C=O) groups excluding carboxylic acids is 2. The van der Waals surface area contributed by atoms with E-state index < -0.39 is 11.6 Å². The van der Waals surface area contributed by atoms with Gasteiger partial charge in [-0.05, 0) is 0 Å². The maximum absolute atomic E-state index is 9.74. The van der Waals surface area contributed by atoms with Crippen molar-refractivity contribution in [3.8, 4) is 0 Å². The summed E-state index contributed by atoms with van der Waals surface area (Å²) < 4.78 is 12.0. The molecule has 0 aliphatic carbocycles.